The lowest BCUT2D eigenvalue weighted by atomic mass is 10.1. The molecule has 5 nitrogen and oxygen atoms in total. The van der Waals surface area contributed by atoms with E-state index in [2.05, 4.69) is 10.3 Å². The highest BCUT2D eigenvalue weighted by molar-refractivity contribution is 5.95. The minimum Gasteiger partial charge on any atom is -0.396 e. The summed E-state index contributed by atoms with van der Waals surface area (Å²) in [7, 11) is 0. The Bertz CT molecular complexity index is 496. The zero-order valence-corrected chi connectivity index (χ0v) is 12.3. The van der Waals surface area contributed by atoms with Gasteiger partial charge in [0.25, 0.3) is 5.91 Å². The fraction of sp³-hybridized carbons (Fsp3) is 0.600. The maximum atomic E-state index is 14.3. The summed E-state index contributed by atoms with van der Waals surface area (Å²) in [5.41, 5.74) is 0.0632. The van der Waals surface area contributed by atoms with E-state index in [-0.39, 0.29) is 23.9 Å². The van der Waals surface area contributed by atoms with E-state index < -0.39 is 5.82 Å². The van der Waals surface area contributed by atoms with Crippen molar-refractivity contribution in [1.82, 2.24) is 9.88 Å². The average molecular weight is 295 g/mol. The highest BCUT2D eigenvalue weighted by atomic mass is 19.1. The largest absolute Gasteiger partial charge is 0.396 e. The summed E-state index contributed by atoms with van der Waals surface area (Å²) in [6.07, 6.45) is 3.86. The number of carbonyl (C=O) groups excluding carboxylic acids is 1. The van der Waals surface area contributed by atoms with Gasteiger partial charge in [-0.05, 0) is 31.2 Å². The lowest BCUT2D eigenvalue weighted by Crippen LogP contribution is -2.30. The summed E-state index contributed by atoms with van der Waals surface area (Å²) in [4.78, 5) is 18.0. The third kappa shape index (κ3) is 3.69. The molecular formula is C15H22FN3O2. The van der Waals surface area contributed by atoms with Crippen molar-refractivity contribution in [3.8, 4) is 0 Å². The van der Waals surface area contributed by atoms with Crippen LogP contribution >= 0.6 is 0 Å². The molecule has 0 radical (unpaired) electrons. The van der Waals surface area contributed by atoms with Crippen molar-refractivity contribution < 1.29 is 14.3 Å². The lowest BCUT2D eigenvalue weighted by Gasteiger charge is -2.17. The second-order valence-electron chi connectivity index (χ2n) is 5.37. The Labute approximate surface area is 124 Å². The van der Waals surface area contributed by atoms with Crippen LogP contribution in [-0.4, -0.2) is 47.1 Å². The molecule has 21 heavy (non-hydrogen) atoms. The van der Waals surface area contributed by atoms with Gasteiger partial charge in [0.2, 0.25) is 0 Å². The van der Waals surface area contributed by atoms with Crippen molar-refractivity contribution in [2.75, 3.05) is 31.6 Å². The van der Waals surface area contributed by atoms with Crippen LogP contribution < -0.4 is 5.32 Å². The molecular weight excluding hydrogens is 273 g/mol. The van der Waals surface area contributed by atoms with Crippen molar-refractivity contribution in [3.05, 3.63) is 23.6 Å². The van der Waals surface area contributed by atoms with E-state index in [1.54, 1.807) is 4.90 Å². The van der Waals surface area contributed by atoms with Crippen LogP contribution in [0.25, 0.3) is 0 Å². The summed E-state index contributed by atoms with van der Waals surface area (Å²) < 4.78 is 14.3. The van der Waals surface area contributed by atoms with Crippen LogP contribution in [0.1, 0.15) is 36.5 Å². The number of halogens is 1. The molecule has 1 amide bonds. The molecule has 2 N–H and O–H groups in total. The van der Waals surface area contributed by atoms with E-state index in [4.69, 9.17) is 5.11 Å². The van der Waals surface area contributed by atoms with Crippen LogP contribution in [0.2, 0.25) is 0 Å². The fourth-order valence-corrected chi connectivity index (χ4v) is 2.58. The third-order valence-electron chi connectivity index (χ3n) is 3.77. The molecule has 1 aromatic rings. The summed E-state index contributed by atoms with van der Waals surface area (Å²) in [5.74, 6) is -0.438. The number of hydrogen-bond acceptors (Lipinski definition) is 4. The van der Waals surface area contributed by atoms with Crippen molar-refractivity contribution in [2.45, 2.75) is 26.2 Å². The van der Waals surface area contributed by atoms with Crippen molar-refractivity contribution >= 4 is 11.7 Å². The van der Waals surface area contributed by atoms with Crippen molar-refractivity contribution in [2.24, 2.45) is 5.92 Å². The molecule has 0 saturated carbocycles. The summed E-state index contributed by atoms with van der Waals surface area (Å²) in [6.45, 7) is 3.92. The quantitative estimate of drug-likeness (QED) is 0.841. The van der Waals surface area contributed by atoms with E-state index in [9.17, 15) is 9.18 Å². The first kappa shape index (κ1) is 15.7. The van der Waals surface area contributed by atoms with Crippen molar-refractivity contribution in [3.63, 3.8) is 0 Å². The maximum Gasteiger partial charge on any atom is 0.257 e. The predicted molar refractivity (Wildman–Crippen MR) is 78.7 cm³/mol. The normalized spacial score (nSPS) is 18.0. The Morgan fingerprint density at radius 2 is 2.43 bits per heavy atom. The van der Waals surface area contributed by atoms with Gasteiger partial charge in [0.05, 0.1) is 5.56 Å². The maximum absolute atomic E-state index is 14.3. The molecule has 0 aliphatic carbocycles. The molecule has 0 bridgehead atoms. The number of aliphatic hydroxyl groups excluding tert-OH is 1. The van der Waals surface area contributed by atoms with Gasteiger partial charge in [-0.2, -0.15) is 0 Å². The first-order valence-corrected chi connectivity index (χ1v) is 7.45. The van der Waals surface area contributed by atoms with Gasteiger partial charge in [-0.1, -0.05) is 6.92 Å². The summed E-state index contributed by atoms with van der Waals surface area (Å²) in [6, 6.07) is 1.42. The number of aromatic nitrogens is 1. The van der Waals surface area contributed by atoms with Crippen LogP contribution in [0.15, 0.2) is 12.3 Å². The van der Waals surface area contributed by atoms with Gasteiger partial charge < -0.3 is 15.3 Å². The van der Waals surface area contributed by atoms with Gasteiger partial charge in [-0.3, -0.25) is 4.79 Å². The van der Waals surface area contributed by atoms with Crippen LogP contribution in [0.3, 0.4) is 0 Å². The van der Waals surface area contributed by atoms with Gasteiger partial charge in [-0.25, -0.2) is 9.37 Å². The van der Waals surface area contributed by atoms with E-state index in [0.717, 1.165) is 12.8 Å². The van der Waals surface area contributed by atoms with Gasteiger partial charge in [0.1, 0.15) is 0 Å². The minimum atomic E-state index is -0.582. The Kier molecular flexibility index (Phi) is 5.50. The number of amides is 1. The van der Waals surface area contributed by atoms with E-state index >= 15 is 0 Å². The molecule has 1 aliphatic heterocycles. The Morgan fingerprint density at radius 3 is 3.14 bits per heavy atom. The van der Waals surface area contributed by atoms with Gasteiger partial charge in [-0.15, -0.1) is 0 Å². The number of nitrogens with one attached hydrogen (secondary N) is 1. The number of hydrogen-bond donors (Lipinski definition) is 2. The lowest BCUT2D eigenvalue weighted by molar-refractivity contribution is 0.0780. The summed E-state index contributed by atoms with van der Waals surface area (Å²) >= 11 is 0. The SMILES string of the molecule is CCCNc1nccc(C(=O)N2CCC(CCO)C2)c1F. The number of rotatable bonds is 6. The molecule has 6 heteroatoms. The molecule has 0 aromatic carbocycles. The van der Waals surface area contributed by atoms with Crippen LogP contribution in [0.4, 0.5) is 10.2 Å². The van der Waals surface area contributed by atoms with Crippen LogP contribution in [-0.2, 0) is 0 Å². The molecule has 0 spiro atoms. The topological polar surface area (TPSA) is 65.5 Å². The highest BCUT2D eigenvalue weighted by Gasteiger charge is 2.28. The number of nitrogens with zero attached hydrogens (tertiary/aromatic N) is 2. The van der Waals surface area contributed by atoms with Gasteiger partial charge in [0, 0.05) is 32.4 Å². The van der Waals surface area contributed by atoms with Crippen LogP contribution in [0.5, 0.6) is 0 Å². The average Bonchev–Trinajstić information content (AvgIpc) is 2.94. The second-order valence-corrected chi connectivity index (χ2v) is 5.37. The fourth-order valence-electron chi connectivity index (χ4n) is 2.58. The Morgan fingerprint density at radius 1 is 1.62 bits per heavy atom. The molecule has 1 aromatic heterocycles. The zero-order chi connectivity index (χ0) is 15.2. The monoisotopic (exact) mass is 295 g/mol. The number of aliphatic hydroxyl groups is 1. The Hall–Kier alpha value is -1.69. The number of pyridine rings is 1. The second kappa shape index (κ2) is 7.36. The third-order valence-corrected chi connectivity index (χ3v) is 3.77. The van der Waals surface area contributed by atoms with Gasteiger partial charge >= 0.3 is 0 Å². The van der Waals surface area contributed by atoms with E-state index in [1.165, 1.54) is 12.3 Å². The predicted octanol–water partition coefficient (Wildman–Crippen LogP) is 1.89. The zero-order valence-electron chi connectivity index (χ0n) is 12.3. The number of likely N-dealkylation sites (tertiary alicyclic amines) is 1. The smallest absolute Gasteiger partial charge is 0.257 e. The van der Waals surface area contributed by atoms with Crippen molar-refractivity contribution in [1.29, 1.82) is 0 Å². The van der Waals surface area contributed by atoms with Gasteiger partial charge in [0.15, 0.2) is 11.6 Å². The number of anilines is 1. The molecule has 1 aliphatic rings. The first-order valence-electron chi connectivity index (χ1n) is 7.45. The number of carbonyl (C=O) groups is 1. The molecule has 1 fully saturated rings. The molecule has 1 unspecified atom stereocenters. The molecule has 1 saturated heterocycles. The molecule has 1 atom stereocenters. The Balaban J connectivity index is 2.09. The molecule has 2 heterocycles. The van der Waals surface area contributed by atoms with E-state index in [1.807, 2.05) is 6.92 Å². The standard InChI is InChI=1S/C15H22FN3O2/c1-2-6-17-14-13(16)12(3-7-18-14)15(21)19-8-4-11(10-19)5-9-20/h3,7,11,20H,2,4-6,8-10H2,1H3,(H,17,18). The first-order chi connectivity index (χ1) is 10.2. The minimum absolute atomic E-state index is 0.0632. The summed E-state index contributed by atoms with van der Waals surface area (Å²) in [5, 5.41) is 11.8. The molecule has 116 valence electrons. The molecule has 2 rings (SSSR count). The van der Waals surface area contributed by atoms with Crippen LogP contribution in [0, 0.1) is 11.7 Å². The van der Waals surface area contributed by atoms with E-state index in [0.29, 0.717) is 32.0 Å². The highest BCUT2D eigenvalue weighted by Crippen LogP contribution is 2.23.